The summed E-state index contributed by atoms with van der Waals surface area (Å²) in [5.41, 5.74) is 0.539. The quantitative estimate of drug-likeness (QED) is 0.882. The Balaban J connectivity index is 3.02. The molecule has 3 nitrogen and oxygen atoms in total. The molecule has 1 rings (SSSR count). The molecule has 1 N–H and O–H groups in total. The van der Waals surface area contributed by atoms with Gasteiger partial charge in [-0.05, 0) is 30.5 Å². The van der Waals surface area contributed by atoms with E-state index >= 15 is 0 Å². The molecule has 16 heavy (non-hydrogen) atoms. The van der Waals surface area contributed by atoms with E-state index in [1.807, 2.05) is 13.8 Å². The van der Waals surface area contributed by atoms with Gasteiger partial charge >= 0.3 is 0 Å². The fraction of sp³-hybridized carbons (Fsp3) is 0.455. The molecular formula is C11H16FNO2S. The van der Waals surface area contributed by atoms with Crippen LogP contribution >= 0.6 is 0 Å². The second-order valence-corrected chi connectivity index (χ2v) is 5.89. The highest BCUT2D eigenvalue weighted by molar-refractivity contribution is 7.89. The van der Waals surface area contributed by atoms with Crippen LogP contribution in [0.15, 0.2) is 23.1 Å². The zero-order chi connectivity index (χ0) is 12.3. The lowest BCUT2D eigenvalue weighted by Crippen LogP contribution is -2.28. The zero-order valence-electron chi connectivity index (χ0n) is 9.62. The van der Waals surface area contributed by atoms with E-state index in [0.717, 1.165) is 6.07 Å². The molecule has 0 fully saturated rings. The number of hydrogen-bond donors (Lipinski definition) is 1. The van der Waals surface area contributed by atoms with Gasteiger partial charge in [-0.1, -0.05) is 19.9 Å². The minimum atomic E-state index is -3.60. The molecule has 1 aromatic rings. The second kappa shape index (κ2) is 4.93. The topological polar surface area (TPSA) is 46.2 Å². The van der Waals surface area contributed by atoms with Crippen molar-refractivity contribution in [3.63, 3.8) is 0 Å². The van der Waals surface area contributed by atoms with E-state index < -0.39 is 15.8 Å². The van der Waals surface area contributed by atoms with E-state index in [9.17, 15) is 12.8 Å². The zero-order valence-corrected chi connectivity index (χ0v) is 10.4. The van der Waals surface area contributed by atoms with Gasteiger partial charge in [0.15, 0.2) is 0 Å². The summed E-state index contributed by atoms with van der Waals surface area (Å²) in [5.74, 6) is -0.334. The van der Waals surface area contributed by atoms with Crippen LogP contribution in [0.2, 0.25) is 0 Å². The molecule has 90 valence electrons. The Morgan fingerprint density at radius 3 is 2.56 bits per heavy atom. The van der Waals surface area contributed by atoms with Crippen molar-refractivity contribution < 1.29 is 12.8 Å². The van der Waals surface area contributed by atoms with Crippen molar-refractivity contribution in [3.8, 4) is 0 Å². The van der Waals surface area contributed by atoms with Crippen LogP contribution in [0.25, 0.3) is 0 Å². The fourth-order valence-corrected chi connectivity index (χ4v) is 2.69. The number of rotatable bonds is 4. The minimum Gasteiger partial charge on any atom is -0.211 e. The molecule has 0 spiro atoms. The van der Waals surface area contributed by atoms with Gasteiger partial charge in [0.1, 0.15) is 5.82 Å². The molecule has 0 unspecified atom stereocenters. The Morgan fingerprint density at radius 1 is 1.38 bits per heavy atom. The van der Waals surface area contributed by atoms with E-state index in [-0.39, 0.29) is 10.8 Å². The van der Waals surface area contributed by atoms with Crippen LogP contribution in [0, 0.1) is 18.7 Å². The van der Waals surface area contributed by atoms with E-state index in [1.165, 1.54) is 12.1 Å². The predicted molar refractivity (Wildman–Crippen MR) is 61.2 cm³/mol. The van der Waals surface area contributed by atoms with Gasteiger partial charge in [0.05, 0.1) is 4.90 Å². The summed E-state index contributed by atoms with van der Waals surface area (Å²) in [6, 6.07) is 3.74. The lowest BCUT2D eigenvalue weighted by atomic mass is 10.2. The van der Waals surface area contributed by atoms with Gasteiger partial charge in [-0.3, -0.25) is 0 Å². The van der Waals surface area contributed by atoms with Crippen molar-refractivity contribution in [1.29, 1.82) is 0 Å². The Hall–Kier alpha value is -0.940. The highest BCUT2D eigenvalue weighted by atomic mass is 32.2. The first-order valence-corrected chi connectivity index (χ1v) is 6.57. The summed E-state index contributed by atoms with van der Waals surface area (Å²) < 4.78 is 39.1. The summed E-state index contributed by atoms with van der Waals surface area (Å²) in [6.07, 6.45) is 0. The van der Waals surface area contributed by atoms with Gasteiger partial charge < -0.3 is 0 Å². The van der Waals surface area contributed by atoms with E-state index in [1.54, 1.807) is 6.92 Å². The van der Waals surface area contributed by atoms with E-state index in [0.29, 0.717) is 12.1 Å². The number of nitrogens with one attached hydrogen (secondary N) is 1. The Morgan fingerprint density at radius 2 is 2.00 bits per heavy atom. The number of halogens is 1. The maximum Gasteiger partial charge on any atom is 0.240 e. The molecule has 0 amide bonds. The number of benzene rings is 1. The molecule has 0 atom stereocenters. The van der Waals surface area contributed by atoms with Crippen LogP contribution in [-0.4, -0.2) is 15.0 Å². The van der Waals surface area contributed by atoms with Crippen LogP contribution in [0.5, 0.6) is 0 Å². The number of sulfonamides is 1. The summed E-state index contributed by atoms with van der Waals surface area (Å²) >= 11 is 0. The first kappa shape index (κ1) is 13.1. The molecule has 0 heterocycles. The second-order valence-electron chi connectivity index (χ2n) is 4.16. The van der Waals surface area contributed by atoms with Gasteiger partial charge in [0, 0.05) is 6.54 Å². The normalized spacial score (nSPS) is 12.1. The monoisotopic (exact) mass is 245 g/mol. The first-order valence-electron chi connectivity index (χ1n) is 5.09. The van der Waals surface area contributed by atoms with Gasteiger partial charge in [-0.2, -0.15) is 0 Å². The number of aryl methyl sites for hydroxylation is 1. The molecule has 0 saturated heterocycles. The van der Waals surface area contributed by atoms with Crippen LogP contribution in [0.4, 0.5) is 4.39 Å². The van der Waals surface area contributed by atoms with Gasteiger partial charge in [0.2, 0.25) is 10.0 Å². The smallest absolute Gasteiger partial charge is 0.211 e. The standard InChI is InChI=1S/C11H16FNO2S/c1-8(2)7-13-16(14,15)11-6-10(12)5-4-9(11)3/h4-6,8,13H,7H2,1-3H3. The lowest BCUT2D eigenvalue weighted by molar-refractivity contribution is 0.557. The van der Waals surface area contributed by atoms with Crippen LogP contribution < -0.4 is 4.72 Å². The average molecular weight is 245 g/mol. The van der Waals surface area contributed by atoms with E-state index in [2.05, 4.69) is 4.72 Å². The van der Waals surface area contributed by atoms with Crippen LogP contribution in [0.1, 0.15) is 19.4 Å². The minimum absolute atomic E-state index is 0.00755. The van der Waals surface area contributed by atoms with Crippen molar-refractivity contribution in [3.05, 3.63) is 29.6 Å². The van der Waals surface area contributed by atoms with Crippen molar-refractivity contribution in [2.75, 3.05) is 6.54 Å². The molecule has 0 aliphatic heterocycles. The summed E-state index contributed by atoms with van der Waals surface area (Å²) in [5, 5.41) is 0. The Kier molecular flexibility index (Phi) is 4.04. The Bertz CT molecular complexity index is 469. The first-order chi connectivity index (χ1) is 7.33. The largest absolute Gasteiger partial charge is 0.240 e. The third-order valence-corrected chi connectivity index (χ3v) is 3.69. The average Bonchev–Trinajstić information content (AvgIpc) is 2.19. The van der Waals surface area contributed by atoms with Gasteiger partial charge in [-0.25, -0.2) is 17.5 Å². The molecule has 0 bridgehead atoms. The van der Waals surface area contributed by atoms with Crippen molar-refractivity contribution in [2.45, 2.75) is 25.7 Å². The third-order valence-electron chi connectivity index (χ3n) is 2.12. The van der Waals surface area contributed by atoms with E-state index in [4.69, 9.17) is 0 Å². The number of hydrogen-bond acceptors (Lipinski definition) is 2. The molecular weight excluding hydrogens is 229 g/mol. The molecule has 0 radical (unpaired) electrons. The van der Waals surface area contributed by atoms with Crippen LogP contribution in [0.3, 0.4) is 0 Å². The maximum atomic E-state index is 13.0. The summed E-state index contributed by atoms with van der Waals surface area (Å²) in [7, 11) is -3.60. The van der Waals surface area contributed by atoms with Gasteiger partial charge in [0.25, 0.3) is 0 Å². The summed E-state index contributed by atoms with van der Waals surface area (Å²) in [4.78, 5) is 0.00755. The summed E-state index contributed by atoms with van der Waals surface area (Å²) in [6.45, 7) is 5.80. The van der Waals surface area contributed by atoms with Crippen molar-refractivity contribution in [1.82, 2.24) is 4.72 Å². The van der Waals surface area contributed by atoms with Crippen LogP contribution in [-0.2, 0) is 10.0 Å². The van der Waals surface area contributed by atoms with Crippen molar-refractivity contribution in [2.24, 2.45) is 5.92 Å². The predicted octanol–water partition coefficient (Wildman–Crippen LogP) is 2.07. The van der Waals surface area contributed by atoms with Crippen molar-refractivity contribution >= 4 is 10.0 Å². The Labute approximate surface area is 95.7 Å². The molecule has 0 saturated carbocycles. The molecule has 0 aliphatic rings. The highest BCUT2D eigenvalue weighted by Crippen LogP contribution is 2.16. The molecule has 0 aromatic heterocycles. The fourth-order valence-electron chi connectivity index (χ4n) is 1.22. The highest BCUT2D eigenvalue weighted by Gasteiger charge is 2.17. The lowest BCUT2D eigenvalue weighted by Gasteiger charge is -2.10. The molecule has 1 aromatic carbocycles. The third kappa shape index (κ3) is 3.28. The maximum absolute atomic E-state index is 13.0. The SMILES string of the molecule is Cc1ccc(F)cc1S(=O)(=O)NCC(C)C. The van der Waals surface area contributed by atoms with Gasteiger partial charge in [-0.15, -0.1) is 0 Å². The molecule has 5 heteroatoms. The molecule has 0 aliphatic carbocycles.